The topological polar surface area (TPSA) is 60.5 Å². The zero-order valence-corrected chi connectivity index (χ0v) is 17.8. The molecule has 3 aromatic rings. The fourth-order valence-electron chi connectivity index (χ4n) is 2.24. The summed E-state index contributed by atoms with van der Waals surface area (Å²) in [6.45, 7) is 0. The number of nitrogens with one attached hydrogen (secondary N) is 1. The molecule has 3 rings (SSSR count). The molecule has 0 atom stereocenters. The Labute approximate surface area is 169 Å². The van der Waals surface area contributed by atoms with Gasteiger partial charge < -0.3 is 9.47 Å². The maximum Gasteiger partial charge on any atom is 0.261 e. The second-order valence-electron chi connectivity index (χ2n) is 4.90. The minimum absolute atomic E-state index is 0.323. The molecule has 25 heavy (non-hydrogen) atoms. The van der Waals surface area contributed by atoms with Crippen molar-refractivity contribution in [1.29, 1.82) is 0 Å². The monoisotopic (exact) mass is 504 g/mol. The molecule has 0 saturated heterocycles. The third-order valence-corrected chi connectivity index (χ3v) is 5.62. The van der Waals surface area contributed by atoms with Gasteiger partial charge in [0.2, 0.25) is 0 Å². The van der Waals surface area contributed by atoms with Crippen LogP contribution in [0.25, 0.3) is 10.2 Å². The van der Waals surface area contributed by atoms with Gasteiger partial charge in [-0.2, -0.15) is 0 Å². The van der Waals surface area contributed by atoms with Crippen molar-refractivity contribution >= 4 is 76.1 Å². The van der Waals surface area contributed by atoms with Crippen LogP contribution in [0.15, 0.2) is 33.2 Å². The van der Waals surface area contributed by atoms with Gasteiger partial charge in [-0.15, -0.1) is 0 Å². The lowest BCUT2D eigenvalue weighted by Gasteiger charge is -2.10. The maximum atomic E-state index is 12.6. The molecule has 1 N–H and O–H groups in total. The van der Waals surface area contributed by atoms with E-state index >= 15 is 0 Å². The summed E-state index contributed by atoms with van der Waals surface area (Å²) >= 11 is 14.2. The molecule has 1 heterocycles. The van der Waals surface area contributed by atoms with Gasteiger partial charge in [0, 0.05) is 10.5 Å². The van der Waals surface area contributed by atoms with Crippen LogP contribution in [0.3, 0.4) is 0 Å². The van der Waals surface area contributed by atoms with E-state index in [1.807, 2.05) is 6.07 Å². The average Bonchev–Trinajstić information content (AvgIpc) is 2.94. The average molecular weight is 507 g/mol. The van der Waals surface area contributed by atoms with E-state index < -0.39 is 0 Å². The van der Waals surface area contributed by atoms with Crippen LogP contribution in [0.2, 0.25) is 5.02 Å². The van der Waals surface area contributed by atoms with Crippen molar-refractivity contribution in [2.24, 2.45) is 0 Å². The molecular weight excluding hydrogens is 496 g/mol. The van der Waals surface area contributed by atoms with Crippen molar-refractivity contribution in [1.82, 2.24) is 4.98 Å². The number of methoxy groups -OCH3 is 2. The minimum Gasteiger partial charge on any atom is -0.495 e. The zero-order valence-electron chi connectivity index (χ0n) is 13.0. The number of anilines is 1. The van der Waals surface area contributed by atoms with Crippen molar-refractivity contribution in [3.63, 3.8) is 0 Å². The molecule has 1 amide bonds. The number of ether oxygens (including phenoxy) is 2. The number of halogens is 3. The number of hydrogen-bond acceptors (Lipinski definition) is 5. The van der Waals surface area contributed by atoms with E-state index in [0.717, 1.165) is 9.17 Å². The highest BCUT2D eigenvalue weighted by Crippen LogP contribution is 2.36. The molecule has 5 nitrogen and oxygen atoms in total. The second-order valence-corrected chi connectivity index (χ2v) is 8.10. The van der Waals surface area contributed by atoms with Gasteiger partial charge in [-0.3, -0.25) is 10.1 Å². The van der Waals surface area contributed by atoms with E-state index in [0.29, 0.717) is 37.2 Å². The van der Waals surface area contributed by atoms with Gasteiger partial charge in [-0.1, -0.05) is 38.9 Å². The molecule has 0 aliphatic heterocycles. The summed E-state index contributed by atoms with van der Waals surface area (Å²) in [6, 6.07) is 6.99. The highest BCUT2D eigenvalue weighted by Gasteiger charge is 2.18. The Morgan fingerprint density at radius 2 is 1.96 bits per heavy atom. The largest absolute Gasteiger partial charge is 0.495 e. The molecule has 0 aliphatic rings. The number of fused-ring (bicyclic) bond motifs is 1. The number of thiazole rings is 1. The van der Waals surface area contributed by atoms with Gasteiger partial charge in [-0.05, 0) is 34.1 Å². The van der Waals surface area contributed by atoms with E-state index in [1.165, 1.54) is 18.4 Å². The molecule has 0 unspecified atom stereocenters. The molecule has 0 aliphatic carbocycles. The van der Waals surface area contributed by atoms with Crippen molar-refractivity contribution in [3.8, 4) is 11.5 Å². The summed E-state index contributed by atoms with van der Waals surface area (Å²) in [5.74, 6) is 0.691. The Balaban J connectivity index is 1.95. The number of aromatic nitrogens is 1. The summed E-state index contributed by atoms with van der Waals surface area (Å²) in [6.07, 6.45) is 0. The molecule has 0 bridgehead atoms. The summed E-state index contributed by atoms with van der Waals surface area (Å²) < 4.78 is 12.8. The molecule has 0 spiro atoms. The summed E-state index contributed by atoms with van der Waals surface area (Å²) in [5, 5.41) is 3.73. The molecule has 2 aromatic carbocycles. The Bertz CT molecular complexity index is 978. The molecular formula is C16H11Br2ClN2O3S. The van der Waals surface area contributed by atoms with Gasteiger partial charge in [0.25, 0.3) is 5.91 Å². The molecule has 0 fully saturated rings. The summed E-state index contributed by atoms with van der Waals surface area (Å²) in [4.78, 5) is 17.0. The molecule has 130 valence electrons. The zero-order chi connectivity index (χ0) is 18.1. The number of amides is 1. The Morgan fingerprint density at radius 3 is 2.64 bits per heavy atom. The first-order valence-electron chi connectivity index (χ1n) is 6.91. The van der Waals surface area contributed by atoms with Crippen molar-refractivity contribution < 1.29 is 14.3 Å². The highest BCUT2D eigenvalue weighted by molar-refractivity contribution is 9.11. The van der Waals surface area contributed by atoms with Crippen LogP contribution in [0.5, 0.6) is 11.5 Å². The normalized spacial score (nSPS) is 10.8. The van der Waals surface area contributed by atoms with E-state index in [-0.39, 0.29) is 5.91 Å². The molecule has 0 radical (unpaired) electrons. The maximum absolute atomic E-state index is 12.6. The number of benzene rings is 2. The Hall–Kier alpha value is -1.35. The van der Waals surface area contributed by atoms with Crippen molar-refractivity contribution in [2.75, 3.05) is 19.5 Å². The SMILES string of the molecule is COc1cc2sc(NC(=O)c3cc(Br)cc(Br)c3OC)nc2cc1Cl. The summed E-state index contributed by atoms with van der Waals surface area (Å²) in [5.41, 5.74) is 1.08. The third-order valence-electron chi connectivity index (χ3n) is 3.34. The lowest BCUT2D eigenvalue weighted by molar-refractivity contribution is 0.102. The third kappa shape index (κ3) is 3.76. The van der Waals surface area contributed by atoms with Crippen LogP contribution in [0.4, 0.5) is 5.13 Å². The van der Waals surface area contributed by atoms with Gasteiger partial charge in [0.15, 0.2) is 5.13 Å². The van der Waals surface area contributed by atoms with Crippen LogP contribution in [-0.2, 0) is 0 Å². The fraction of sp³-hybridized carbons (Fsp3) is 0.125. The van der Waals surface area contributed by atoms with Crippen LogP contribution in [0, 0.1) is 0 Å². The van der Waals surface area contributed by atoms with E-state index in [9.17, 15) is 4.79 Å². The van der Waals surface area contributed by atoms with Crippen LogP contribution < -0.4 is 14.8 Å². The Morgan fingerprint density at radius 1 is 1.20 bits per heavy atom. The predicted molar refractivity (Wildman–Crippen MR) is 108 cm³/mol. The van der Waals surface area contributed by atoms with Crippen LogP contribution in [0.1, 0.15) is 10.4 Å². The predicted octanol–water partition coefficient (Wildman–Crippen LogP) is 5.74. The van der Waals surface area contributed by atoms with E-state index in [4.69, 9.17) is 21.1 Å². The highest BCUT2D eigenvalue weighted by atomic mass is 79.9. The van der Waals surface area contributed by atoms with Crippen LogP contribution in [-0.4, -0.2) is 25.1 Å². The molecule has 9 heteroatoms. The smallest absolute Gasteiger partial charge is 0.261 e. The first-order chi connectivity index (χ1) is 11.9. The molecule has 1 aromatic heterocycles. The van der Waals surface area contributed by atoms with Crippen LogP contribution >= 0.6 is 54.8 Å². The van der Waals surface area contributed by atoms with Gasteiger partial charge in [-0.25, -0.2) is 4.98 Å². The first-order valence-corrected chi connectivity index (χ1v) is 9.69. The number of rotatable bonds is 4. The Kier molecular flexibility index (Phi) is 5.52. The van der Waals surface area contributed by atoms with Gasteiger partial charge in [0.1, 0.15) is 11.5 Å². The fourth-order valence-corrected chi connectivity index (χ4v) is 4.73. The number of hydrogen-bond donors (Lipinski definition) is 1. The number of carbonyl (C=O) groups excluding carboxylic acids is 1. The lowest BCUT2D eigenvalue weighted by atomic mass is 10.2. The van der Waals surface area contributed by atoms with E-state index in [2.05, 4.69) is 42.2 Å². The van der Waals surface area contributed by atoms with Gasteiger partial charge in [0.05, 0.1) is 39.5 Å². The lowest BCUT2D eigenvalue weighted by Crippen LogP contribution is -2.13. The molecule has 0 saturated carbocycles. The quantitative estimate of drug-likeness (QED) is 0.490. The van der Waals surface area contributed by atoms with E-state index in [1.54, 1.807) is 25.3 Å². The summed E-state index contributed by atoms with van der Waals surface area (Å²) in [7, 11) is 3.06. The second kappa shape index (κ2) is 7.49. The minimum atomic E-state index is -0.323. The van der Waals surface area contributed by atoms with Crippen molar-refractivity contribution in [2.45, 2.75) is 0 Å². The number of carbonyl (C=O) groups is 1. The number of nitrogens with zero attached hydrogens (tertiary/aromatic N) is 1. The van der Waals surface area contributed by atoms with Crippen molar-refractivity contribution in [3.05, 3.63) is 43.8 Å². The first kappa shape index (κ1) is 18.4. The van der Waals surface area contributed by atoms with Gasteiger partial charge >= 0.3 is 0 Å². The standard InChI is InChI=1S/C16H11Br2ClN2O3S/c1-23-12-6-13-11(5-10(12)19)20-16(25-13)21-15(22)8-3-7(17)4-9(18)14(8)24-2/h3-6H,1-2H3,(H,20,21,22).